The quantitative estimate of drug-likeness (QED) is 0.495. The van der Waals surface area contributed by atoms with Crippen LogP contribution in [0.2, 0.25) is 0 Å². The van der Waals surface area contributed by atoms with E-state index in [-0.39, 0.29) is 5.91 Å². The van der Waals surface area contributed by atoms with Crippen LogP contribution in [0.25, 0.3) is 0 Å². The largest absolute Gasteiger partial charge is 0.378 e. The number of rotatable bonds is 13. The summed E-state index contributed by atoms with van der Waals surface area (Å²) in [5, 5.41) is 6.09. The van der Waals surface area contributed by atoms with Crippen molar-refractivity contribution in [1.82, 2.24) is 10.6 Å². The van der Waals surface area contributed by atoms with Gasteiger partial charge in [-0.1, -0.05) is 20.8 Å². The second-order valence-electron chi connectivity index (χ2n) is 4.92. The third kappa shape index (κ3) is 15.3. The molecule has 114 valence electrons. The van der Waals surface area contributed by atoms with Crippen LogP contribution in [0.4, 0.5) is 0 Å². The minimum absolute atomic E-state index is 0.0943. The van der Waals surface area contributed by atoms with Crippen LogP contribution in [0, 0.1) is 5.92 Å². The molecule has 0 heterocycles. The molecule has 2 N–H and O–H groups in total. The first kappa shape index (κ1) is 18.4. The molecule has 0 saturated heterocycles. The molecule has 0 saturated carbocycles. The summed E-state index contributed by atoms with van der Waals surface area (Å²) in [7, 11) is 0. The summed E-state index contributed by atoms with van der Waals surface area (Å²) >= 11 is 0. The lowest BCUT2D eigenvalue weighted by molar-refractivity contribution is -0.122. The van der Waals surface area contributed by atoms with Gasteiger partial charge >= 0.3 is 0 Å². The Morgan fingerprint density at radius 3 is 2.21 bits per heavy atom. The second kappa shape index (κ2) is 13.8. The molecule has 0 radical (unpaired) electrons. The van der Waals surface area contributed by atoms with E-state index in [1.165, 1.54) is 0 Å². The standard InChI is InChI=1S/C14H30N2O3/c1-4-5-15-6-8-18-10-11-19-9-7-16-14(17)12-13(2)3/h13,15H,4-12H2,1-3H3,(H,16,17). The van der Waals surface area contributed by atoms with E-state index in [9.17, 15) is 4.79 Å². The predicted molar refractivity (Wildman–Crippen MR) is 77.3 cm³/mol. The minimum Gasteiger partial charge on any atom is -0.378 e. The molecule has 19 heavy (non-hydrogen) atoms. The van der Waals surface area contributed by atoms with Crippen LogP contribution in [0.1, 0.15) is 33.6 Å². The first-order valence-electron chi connectivity index (χ1n) is 7.29. The van der Waals surface area contributed by atoms with Crippen molar-refractivity contribution in [3.8, 4) is 0 Å². The molecule has 0 rings (SSSR count). The van der Waals surface area contributed by atoms with Gasteiger partial charge in [0.05, 0.1) is 26.4 Å². The first-order chi connectivity index (χ1) is 9.16. The molecule has 1 amide bonds. The van der Waals surface area contributed by atoms with Crippen molar-refractivity contribution in [2.45, 2.75) is 33.6 Å². The first-order valence-corrected chi connectivity index (χ1v) is 7.29. The fourth-order valence-electron chi connectivity index (χ4n) is 1.47. The molecule has 0 atom stereocenters. The van der Waals surface area contributed by atoms with Crippen molar-refractivity contribution < 1.29 is 14.3 Å². The number of hydrogen-bond acceptors (Lipinski definition) is 4. The Kier molecular flexibility index (Phi) is 13.3. The molecule has 0 fully saturated rings. The molecule has 0 aromatic heterocycles. The summed E-state index contributed by atoms with van der Waals surface area (Å²) in [4.78, 5) is 11.3. The molecule has 5 nitrogen and oxygen atoms in total. The van der Waals surface area contributed by atoms with Crippen molar-refractivity contribution in [3.05, 3.63) is 0 Å². The van der Waals surface area contributed by atoms with Crippen LogP contribution in [-0.2, 0) is 14.3 Å². The fraction of sp³-hybridized carbons (Fsp3) is 0.929. The summed E-state index contributed by atoms with van der Waals surface area (Å²) in [5.74, 6) is 0.493. The highest BCUT2D eigenvalue weighted by Gasteiger charge is 2.02. The van der Waals surface area contributed by atoms with Gasteiger partial charge in [0.1, 0.15) is 0 Å². The van der Waals surface area contributed by atoms with E-state index >= 15 is 0 Å². The van der Waals surface area contributed by atoms with Gasteiger partial charge in [0, 0.05) is 19.5 Å². The number of carbonyl (C=O) groups is 1. The lowest BCUT2D eigenvalue weighted by Gasteiger charge is -2.08. The van der Waals surface area contributed by atoms with Gasteiger partial charge in [-0.3, -0.25) is 4.79 Å². The molecule has 0 aromatic carbocycles. The third-order valence-corrected chi connectivity index (χ3v) is 2.38. The van der Waals surface area contributed by atoms with E-state index in [2.05, 4.69) is 17.6 Å². The zero-order chi connectivity index (χ0) is 14.3. The third-order valence-electron chi connectivity index (χ3n) is 2.38. The Labute approximate surface area is 117 Å². The van der Waals surface area contributed by atoms with Gasteiger partial charge in [-0.15, -0.1) is 0 Å². The zero-order valence-electron chi connectivity index (χ0n) is 12.7. The van der Waals surface area contributed by atoms with Crippen molar-refractivity contribution in [2.75, 3.05) is 46.1 Å². The molecule has 0 aliphatic heterocycles. The Bertz CT molecular complexity index is 211. The van der Waals surface area contributed by atoms with Gasteiger partial charge in [0.15, 0.2) is 0 Å². The summed E-state index contributed by atoms with van der Waals surface area (Å²) in [6.07, 6.45) is 1.72. The molecule has 5 heteroatoms. The van der Waals surface area contributed by atoms with Gasteiger partial charge in [0.25, 0.3) is 0 Å². The predicted octanol–water partition coefficient (Wildman–Crippen LogP) is 1.18. The van der Waals surface area contributed by atoms with Crippen LogP contribution in [0.15, 0.2) is 0 Å². The highest BCUT2D eigenvalue weighted by Crippen LogP contribution is 1.97. The molecule has 0 aliphatic rings. The van der Waals surface area contributed by atoms with Crippen molar-refractivity contribution >= 4 is 5.91 Å². The Morgan fingerprint density at radius 2 is 1.63 bits per heavy atom. The Hall–Kier alpha value is -0.650. The maximum absolute atomic E-state index is 11.3. The van der Waals surface area contributed by atoms with Crippen molar-refractivity contribution in [3.63, 3.8) is 0 Å². The van der Waals surface area contributed by atoms with Crippen LogP contribution in [-0.4, -0.2) is 52.0 Å². The Morgan fingerprint density at radius 1 is 1.00 bits per heavy atom. The van der Waals surface area contributed by atoms with Gasteiger partial charge in [0.2, 0.25) is 5.91 Å². The monoisotopic (exact) mass is 274 g/mol. The summed E-state index contributed by atoms with van der Waals surface area (Å²) < 4.78 is 10.7. The number of ether oxygens (including phenoxy) is 2. The van der Waals surface area contributed by atoms with Crippen LogP contribution >= 0.6 is 0 Å². The van der Waals surface area contributed by atoms with Crippen LogP contribution in [0.5, 0.6) is 0 Å². The van der Waals surface area contributed by atoms with Gasteiger partial charge < -0.3 is 20.1 Å². The highest BCUT2D eigenvalue weighted by atomic mass is 16.5. The minimum atomic E-state index is 0.0943. The smallest absolute Gasteiger partial charge is 0.220 e. The molecule has 0 unspecified atom stereocenters. The van der Waals surface area contributed by atoms with Crippen molar-refractivity contribution in [1.29, 1.82) is 0 Å². The van der Waals surface area contributed by atoms with E-state index in [1.807, 2.05) is 13.8 Å². The summed E-state index contributed by atoms with van der Waals surface area (Å²) in [6.45, 7) is 11.1. The normalized spacial score (nSPS) is 10.9. The summed E-state index contributed by atoms with van der Waals surface area (Å²) in [6, 6.07) is 0. The van der Waals surface area contributed by atoms with Gasteiger partial charge in [-0.2, -0.15) is 0 Å². The molecule has 0 aliphatic carbocycles. The average Bonchev–Trinajstić information content (AvgIpc) is 2.35. The van der Waals surface area contributed by atoms with Crippen LogP contribution < -0.4 is 10.6 Å². The van der Waals surface area contributed by atoms with Gasteiger partial charge in [-0.05, 0) is 18.9 Å². The van der Waals surface area contributed by atoms with E-state index in [0.29, 0.717) is 45.3 Å². The number of hydrogen-bond donors (Lipinski definition) is 2. The SMILES string of the molecule is CCCNCCOCCOCCNC(=O)CC(C)C. The molecule has 0 bridgehead atoms. The van der Waals surface area contributed by atoms with E-state index < -0.39 is 0 Å². The molecule has 0 spiro atoms. The Balaban J connectivity index is 3.08. The molecular formula is C14H30N2O3. The van der Waals surface area contributed by atoms with E-state index in [0.717, 1.165) is 19.5 Å². The average molecular weight is 274 g/mol. The van der Waals surface area contributed by atoms with Crippen LogP contribution in [0.3, 0.4) is 0 Å². The molecule has 0 aromatic rings. The maximum Gasteiger partial charge on any atom is 0.220 e. The number of amides is 1. The molecular weight excluding hydrogens is 244 g/mol. The number of nitrogens with one attached hydrogen (secondary N) is 2. The van der Waals surface area contributed by atoms with E-state index in [1.54, 1.807) is 0 Å². The lowest BCUT2D eigenvalue weighted by atomic mass is 10.1. The second-order valence-corrected chi connectivity index (χ2v) is 4.92. The fourth-order valence-corrected chi connectivity index (χ4v) is 1.47. The number of carbonyl (C=O) groups excluding carboxylic acids is 1. The topological polar surface area (TPSA) is 59.6 Å². The summed E-state index contributed by atoms with van der Waals surface area (Å²) in [5.41, 5.74) is 0. The van der Waals surface area contributed by atoms with Crippen molar-refractivity contribution in [2.24, 2.45) is 5.92 Å². The van der Waals surface area contributed by atoms with Gasteiger partial charge in [-0.25, -0.2) is 0 Å². The zero-order valence-corrected chi connectivity index (χ0v) is 12.7. The lowest BCUT2D eigenvalue weighted by Crippen LogP contribution is -2.28. The maximum atomic E-state index is 11.3. The van der Waals surface area contributed by atoms with E-state index in [4.69, 9.17) is 9.47 Å². The highest BCUT2D eigenvalue weighted by molar-refractivity contribution is 5.75.